The number of rotatable bonds is 3. The maximum absolute atomic E-state index is 5.34. The van der Waals surface area contributed by atoms with Crippen LogP contribution in [-0.2, 0) is 0 Å². The molecule has 0 radical (unpaired) electrons. The summed E-state index contributed by atoms with van der Waals surface area (Å²) in [7, 11) is 0. The van der Waals surface area contributed by atoms with Gasteiger partial charge in [0.25, 0.3) is 0 Å². The molecule has 0 saturated heterocycles. The molecule has 0 atom stereocenters. The molecule has 0 bridgehead atoms. The van der Waals surface area contributed by atoms with Crippen molar-refractivity contribution in [1.82, 2.24) is 0 Å². The number of hydrogen-bond donors (Lipinski definition) is 0. The Labute approximate surface area is 67.7 Å². The maximum Gasteiger partial charge on any atom is 0.126 e. The highest BCUT2D eigenvalue weighted by Gasteiger charge is 1.90. The molecule has 1 nitrogen and oxygen atoms in total. The molecular weight excluding hydrogens is 136 g/mol. The normalized spacial score (nSPS) is 11.1. The Morgan fingerprint density at radius 3 is 2.82 bits per heavy atom. The fraction of sp³-hybridized carbons (Fsp3) is 0.400. The summed E-state index contributed by atoms with van der Waals surface area (Å²) >= 11 is 0. The summed E-state index contributed by atoms with van der Waals surface area (Å²) in [6.07, 6.45) is 6.48. The minimum absolute atomic E-state index is 0.955. The van der Waals surface area contributed by atoms with Crippen molar-refractivity contribution in [2.45, 2.75) is 26.7 Å². The molecule has 60 valence electrons. The maximum atomic E-state index is 5.34. The van der Waals surface area contributed by atoms with Crippen molar-refractivity contribution < 1.29 is 4.42 Å². The summed E-state index contributed by atoms with van der Waals surface area (Å²) in [6, 6.07) is 3.97. The molecule has 0 N–H and O–H groups in total. The zero-order valence-corrected chi connectivity index (χ0v) is 7.13. The molecule has 0 aliphatic heterocycles. The second-order valence-corrected chi connectivity index (χ2v) is 2.64. The van der Waals surface area contributed by atoms with E-state index in [0.717, 1.165) is 17.9 Å². The quantitative estimate of drug-likeness (QED) is 0.643. The van der Waals surface area contributed by atoms with Crippen LogP contribution in [0.5, 0.6) is 0 Å². The summed E-state index contributed by atoms with van der Waals surface area (Å²) < 4.78 is 5.34. The number of aryl methyl sites for hydroxylation is 1. The minimum Gasteiger partial charge on any atom is -0.462 e. The van der Waals surface area contributed by atoms with Gasteiger partial charge >= 0.3 is 0 Å². The first-order valence-electron chi connectivity index (χ1n) is 4.06. The second kappa shape index (κ2) is 4.02. The van der Waals surface area contributed by atoms with E-state index >= 15 is 0 Å². The Hall–Kier alpha value is -0.980. The topological polar surface area (TPSA) is 13.1 Å². The summed E-state index contributed by atoms with van der Waals surface area (Å²) in [5.41, 5.74) is 0. The lowest BCUT2D eigenvalue weighted by atomic mass is 10.3. The first-order chi connectivity index (χ1) is 5.33. The lowest BCUT2D eigenvalue weighted by molar-refractivity contribution is 0.525. The third-order valence-electron chi connectivity index (χ3n) is 1.50. The van der Waals surface area contributed by atoms with E-state index in [1.165, 1.54) is 6.42 Å². The van der Waals surface area contributed by atoms with E-state index in [4.69, 9.17) is 4.42 Å². The Kier molecular flexibility index (Phi) is 2.96. The van der Waals surface area contributed by atoms with Gasteiger partial charge in [0, 0.05) is 0 Å². The molecule has 1 heteroatoms. The van der Waals surface area contributed by atoms with Crippen LogP contribution in [0.1, 0.15) is 31.3 Å². The van der Waals surface area contributed by atoms with Gasteiger partial charge in [-0.2, -0.15) is 0 Å². The highest BCUT2D eigenvalue weighted by molar-refractivity contribution is 5.42. The molecule has 0 spiro atoms. The molecule has 1 aromatic rings. The molecule has 0 unspecified atom stereocenters. The molecule has 0 amide bonds. The zero-order chi connectivity index (χ0) is 8.10. The van der Waals surface area contributed by atoms with Crippen molar-refractivity contribution in [2.75, 3.05) is 0 Å². The Morgan fingerprint density at radius 2 is 2.27 bits per heavy atom. The number of hydrogen-bond acceptors (Lipinski definition) is 1. The van der Waals surface area contributed by atoms with E-state index in [-0.39, 0.29) is 0 Å². The number of unbranched alkanes of at least 4 members (excludes halogenated alkanes) is 1. The van der Waals surface area contributed by atoms with Gasteiger partial charge < -0.3 is 4.42 Å². The van der Waals surface area contributed by atoms with Gasteiger partial charge in [0.2, 0.25) is 0 Å². The molecule has 11 heavy (non-hydrogen) atoms. The van der Waals surface area contributed by atoms with E-state index in [1.54, 1.807) is 0 Å². The summed E-state index contributed by atoms with van der Waals surface area (Å²) in [5.74, 6) is 1.93. The fourth-order valence-corrected chi connectivity index (χ4v) is 0.909. The van der Waals surface area contributed by atoms with Crippen LogP contribution in [-0.4, -0.2) is 0 Å². The van der Waals surface area contributed by atoms with Gasteiger partial charge in [-0.25, -0.2) is 0 Å². The van der Waals surface area contributed by atoms with Gasteiger partial charge in [-0.1, -0.05) is 19.4 Å². The Bertz CT molecular complexity index is 233. The zero-order valence-electron chi connectivity index (χ0n) is 7.13. The molecule has 1 heterocycles. The standard InChI is InChI=1S/C10H14O/c1-3-4-5-6-10-8-7-9(2)11-10/h5-8H,3-4H2,1-2H3/b6-5+. The lowest BCUT2D eigenvalue weighted by Crippen LogP contribution is -1.62. The monoisotopic (exact) mass is 150 g/mol. The number of allylic oxidation sites excluding steroid dienone is 1. The molecule has 0 fully saturated rings. The highest BCUT2D eigenvalue weighted by atomic mass is 16.3. The number of furan rings is 1. The molecule has 1 rings (SSSR count). The first kappa shape index (κ1) is 8.12. The van der Waals surface area contributed by atoms with Gasteiger partial charge in [0.15, 0.2) is 0 Å². The smallest absolute Gasteiger partial charge is 0.126 e. The van der Waals surface area contributed by atoms with Crippen molar-refractivity contribution in [3.05, 3.63) is 29.7 Å². The van der Waals surface area contributed by atoms with Crippen molar-refractivity contribution in [3.63, 3.8) is 0 Å². The molecule has 0 aliphatic rings. The van der Waals surface area contributed by atoms with Crippen LogP contribution in [0, 0.1) is 6.92 Å². The first-order valence-corrected chi connectivity index (χ1v) is 4.06. The molecule has 1 aromatic heterocycles. The van der Waals surface area contributed by atoms with Crippen LogP contribution in [0.3, 0.4) is 0 Å². The summed E-state index contributed by atoms with van der Waals surface area (Å²) in [5, 5.41) is 0. The fourth-order valence-electron chi connectivity index (χ4n) is 0.909. The molecule has 0 aliphatic carbocycles. The molecular formula is C10H14O. The largest absolute Gasteiger partial charge is 0.462 e. The molecule has 0 aromatic carbocycles. The van der Waals surface area contributed by atoms with Gasteiger partial charge in [-0.3, -0.25) is 0 Å². The van der Waals surface area contributed by atoms with Crippen molar-refractivity contribution in [2.24, 2.45) is 0 Å². The van der Waals surface area contributed by atoms with Crippen molar-refractivity contribution in [1.29, 1.82) is 0 Å². The van der Waals surface area contributed by atoms with E-state index in [2.05, 4.69) is 13.0 Å². The third kappa shape index (κ3) is 2.62. The van der Waals surface area contributed by atoms with Gasteiger partial charge in [0.1, 0.15) is 11.5 Å². The average Bonchev–Trinajstić information content (AvgIpc) is 2.37. The van der Waals surface area contributed by atoms with Crippen molar-refractivity contribution in [3.8, 4) is 0 Å². The van der Waals surface area contributed by atoms with E-state index in [9.17, 15) is 0 Å². The summed E-state index contributed by atoms with van der Waals surface area (Å²) in [4.78, 5) is 0. The van der Waals surface area contributed by atoms with Crippen LogP contribution in [0.25, 0.3) is 6.08 Å². The summed E-state index contributed by atoms with van der Waals surface area (Å²) in [6.45, 7) is 4.12. The van der Waals surface area contributed by atoms with Crippen LogP contribution < -0.4 is 0 Å². The molecule has 0 saturated carbocycles. The SMILES string of the molecule is CCC/C=C/c1ccc(C)o1. The van der Waals surface area contributed by atoms with E-state index in [0.29, 0.717) is 0 Å². The third-order valence-corrected chi connectivity index (χ3v) is 1.50. The van der Waals surface area contributed by atoms with E-state index < -0.39 is 0 Å². The second-order valence-electron chi connectivity index (χ2n) is 2.64. The minimum atomic E-state index is 0.955. The van der Waals surface area contributed by atoms with Crippen molar-refractivity contribution >= 4 is 6.08 Å². The predicted octanol–water partition coefficient (Wildman–Crippen LogP) is 3.40. The van der Waals surface area contributed by atoms with Gasteiger partial charge in [-0.05, 0) is 31.6 Å². The predicted molar refractivity (Wildman–Crippen MR) is 47.4 cm³/mol. The lowest BCUT2D eigenvalue weighted by Gasteiger charge is -1.84. The van der Waals surface area contributed by atoms with Gasteiger partial charge in [0.05, 0.1) is 0 Å². The average molecular weight is 150 g/mol. The Morgan fingerprint density at radius 1 is 1.45 bits per heavy atom. The highest BCUT2D eigenvalue weighted by Crippen LogP contribution is 2.08. The van der Waals surface area contributed by atoms with E-state index in [1.807, 2.05) is 25.1 Å². The van der Waals surface area contributed by atoms with Crippen LogP contribution in [0.4, 0.5) is 0 Å². The van der Waals surface area contributed by atoms with Gasteiger partial charge in [-0.15, -0.1) is 0 Å². The van der Waals surface area contributed by atoms with Crippen LogP contribution >= 0.6 is 0 Å². The van der Waals surface area contributed by atoms with Crippen LogP contribution in [0.15, 0.2) is 22.6 Å². The van der Waals surface area contributed by atoms with Crippen LogP contribution in [0.2, 0.25) is 0 Å². The Balaban J connectivity index is 2.50.